The van der Waals surface area contributed by atoms with E-state index in [4.69, 9.17) is 4.98 Å². The molecular formula is C70H54N2. The molecule has 4 aliphatic carbocycles. The van der Waals surface area contributed by atoms with E-state index in [0.717, 1.165) is 47.4 Å². The molecule has 0 radical (unpaired) electrons. The zero-order valence-electron chi connectivity index (χ0n) is 40.5. The van der Waals surface area contributed by atoms with Gasteiger partial charge in [0.25, 0.3) is 0 Å². The number of rotatable bonds is 9. The highest BCUT2D eigenvalue weighted by Crippen LogP contribution is 2.52. The van der Waals surface area contributed by atoms with Crippen molar-refractivity contribution in [1.82, 2.24) is 9.55 Å². The molecule has 2 nitrogen and oxygen atoms in total. The van der Waals surface area contributed by atoms with Crippen LogP contribution in [0.15, 0.2) is 267 Å². The maximum atomic E-state index is 5.21. The minimum Gasteiger partial charge on any atom is -0.292 e. The van der Waals surface area contributed by atoms with Crippen molar-refractivity contribution in [3.63, 3.8) is 0 Å². The van der Waals surface area contributed by atoms with Crippen LogP contribution in [0.2, 0.25) is 0 Å². The molecule has 3 atom stereocenters. The van der Waals surface area contributed by atoms with Gasteiger partial charge in [-0.05, 0) is 145 Å². The predicted octanol–water partition coefficient (Wildman–Crippen LogP) is 16.2. The standard InChI is InChI=1S/C70H54N2/c1-70-40-20-19-31-64(70)67(59-43-55(48-21-7-2-8-22-48)41-56(44-59)49-23-9-3-10-24-49)63-47-54(52-34-36-53(37-35-52)69-71-65-32-17-18-33-66(65)72(69)61-29-15-6-16-30-61)38-39-62(63)68(70)60-45-57(50-25-11-4-12-26-50)42-58(46-60)51-27-13-5-14-28-51/h2-23,25-27,29-39,41-47,49,51H,24,28,40H2,1H3. The van der Waals surface area contributed by atoms with Crippen LogP contribution in [0.25, 0.3) is 72.6 Å². The summed E-state index contributed by atoms with van der Waals surface area (Å²) in [6.07, 6.45) is 28.1. The summed E-state index contributed by atoms with van der Waals surface area (Å²) in [6.45, 7) is 2.50. The van der Waals surface area contributed by atoms with Gasteiger partial charge < -0.3 is 0 Å². The second-order valence-electron chi connectivity index (χ2n) is 20.0. The van der Waals surface area contributed by atoms with Crippen LogP contribution < -0.4 is 10.4 Å². The number of allylic oxidation sites excluding steroid dienone is 12. The van der Waals surface area contributed by atoms with Gasteiger partial charge in [0, 0.05) is 28.5 Å². The minimum atomic E-state index is -0.324. The Balaban J connectivity index is 1.07. The van der Waals surface area contributed by atoms with Crippen LogP contribution >= 0.6 is 0 Å². The van der Waals surface area contributed by atoms with E-state index in [-0.39, 0.29) is 11.3 Å². The van der Waals surface area contributed by atoms with Crippen LogP contribution in [-0.2, 0) is 0 Å². The van der Waals surface area contributed by atoms with Gasteiger partial charge in [-0.3, -0.25) is 4.57 Å². The fraction of sp³-hybridized carbons (Fsp3) is 0.100. The van der Waals surface area contributed by atoms with E-state index in [1.807, 2.05) is 0 Å². The monoisotopic (exact) mass is 922 g/mol. The van der Waals surface area contributed by atoms with Crippen LogP contribution in [0, 0.1) is 5.41 Å². The van der Waals surface area contributed by atoms with Crippen molar-refractivity contribution in [2.45, 2.75) is 38.0 Å². The van der Waals surface area contributed by atoms with Crippen LogP contribution in [0.5, 0.6) is 0 Å². The molecule has 0 saturated carbocycles. The van der Waals surface area contributed by atoms with Crippen molar-refractivity contribution in [3.8, 4) is 50.5 Å². The van der Waals surface area contributed by atoms with Crippen molar-refractivity contribution >= 4 is 22.2 Å². The number of fused-ring (bicyclic) bond motifs is 3. The second-order valence-corrected chi connectivity index (χ2v) is 20.0. The Hall–Kier alpha value is -8.59. The number of hydrogen-bond donors (Lipinski definition) is 0. The van der Waals surface area contributed by atoms with Crippen LogP contribution in [0.1, 0.15) is 60.3 Å². The van der Waals surface area contributed by atoms with Crippen LogP contribution in [0.4, 0.5) is 0 Å². The molecule has 0 bridgehead atoms. The topological polar surface area (TPSA) is 17.8 Å². The third-order valence-electron chi connectivity index (χ3n) is 15.5. The summed E-state index contributed by atoms with van der Waals surface area (Å²) >= 11 is 0. The largest absolute Gasteiger partial charge is 0.292 e. The normalized spacial score (nSPS) is 18.8. The van der Waals surface area contributed by atoms with Crippen molar-refractivity contribution < 1.29 is 0 Å². The van der Waals surface area contributed by atoms with E-state index >= 15 is 0 Å². The summed E-state index contributed by atoms with van der Waals surface area (Å²) in [7, 11) is 0. The number of aromatic nitrogens is 2. The van der Waals surface area contributed by atoms with E-state index in [9.17, 15) is 0 Å². The summed E-state index contributed by atoms with van der Waals surface area (Å²) in [5.74, 6) is 1.52. The molecule has 9 aromatic rings. The molecule has 72 heavy (non-hydrogen) atoms. The van der Waals surface area contributed by atoms with Gasteiger partial charge in [-0.2, -0.15) is 0 Å². The lowest BCUT2D eigenvalue weighted by Crippen LogP contribution is -2.42. The van der Waals surface area contributed by atoms with Gasteiger partial charge in [0.2, 0.25) is 0 Å². The minimum absolute atomic E-state index is 0.289. The molecule has 0 aliphatic heterocycles. The maximum absolute atomic E-state index is 5.21. The number of nitrogens with zero attached hydrogens (tertiary/aromatic N) is 2. The molecule has 8 aromatic carbocycles. The third kappa shape index (κ3) is 7.81. The quantitative estimate of drug-likeness (QED) is 0.141. The molecule has 2 heteroatoms. The average molecular weight is 923 g/mol. The van der Waals surface area contributed by atoms with E-state index in [1.54, 1.807) is 0 Å². The summed E-state index contributed by atoms with van der Waals surface area (Å²) in [5.41, 5.74) is 20.5. The first-order valence-electron chi connectivity index (χ1n) is 25.5. The fourth-order valence-corrected chi connectivity index (χ4v) is 11.9. The van der Waals surface area contributed by atoms with Gasteiger partial charge in [0.1, 0.15) is 5.82 Å². The Morgan fingerprint density at radius 2 is 1.00 bits per heavy atom. The van der Waals surface area contributed by atoms with Gasteiger partial charge in [0.15, 0.2) is 0 Å². The fourth-order valence-electron chi connectivity index (χ4n) is 11.9. The highest BCUT2D eigenvalue weighted by atomic mass is 15.1. The SMILES string of the molecule is CC12CC=CC=C1C(c1cc(-c3ccccc3)cc(C3C=CC=CC3)c1)=c1cc(-c3ccc(-c4nc5ccccc5n4-c4ccccc4)cc3)ccc1=C2c1cc(-c2ccccc2)cc(C2C=CC=CC2)c1. The molecule has 344 valence electrons. The number of para-hydroxylation sites is 3. The van der Waals surface area contributed by atoms with Crippen LogP contribution in [-0.4, -0.2) is 9.55 Å². The molecule has 1 aromatic heterocycles. The molecule has 0 spiro atoms. The average Bonchev–Trinajstić information content (AvgIpc) is 3.85. The lowest BCUT2D eigenvalue weighted by Gasteiger charge is -2.41. The Kier molecular flexibility index (Phi) is 11.0. The molecule has 0 fully saturated rings. The Morgan fingerprint density at radius 1 is 0.444 bits per heavy atom. The molecule has 3 unspecified atom stereocenters. The van der Waals surface area contributed by atoms with Gasteiger partial charge in [0.05, 0.1) is 11.0 Å². The summed E-state index contributed by atoms with van der Waals surface area (Å²) in [5, 5.41) is 2.55. The zero-order valence-corrected chi connectivity index (χ0v) is 40.5. The van der Waals surface area contributed by atoms with Crippen molar-refractivity contribution in [2.75, 3.05) is 0 Å². The summed E-state index contributed by atoms with van der Waals surface area (Å²) in [4.78, 5) is 5.21. The van der Waals surface area contributed by atoms with Crippen molar-refractivity contribution in [3.05, 3.63) is 299 Å². The first kappa shape index (κ1) is 43.4. The Bertz CT molecular complexity index is 3880. The first-order chi connectivity index (χ1) is 35.6. The number of imidazole rings is 1. The maximum Gasteiger partial charge on any atom is 0.145 e. The van der Waals surface area contributed by atoms with Gasteiger partial charge in [-0.25, -0.2) is 4.98 Å². The van der Waals surface area contributed by atoms with Crippen molar-refractivity contribution in [2.24, 2.45) is 5.41 Å². The van der Waals surface area contributed by atoms with E-state index in [2.05, 4.69) is 272 Å². The molecule has 0 amide bonds. The Morgan fingerprint density at radius 3 is 1.65 bits per heavy atom. The highest BCUT2D eigenvalue weighted by molar-refractivity contribution is 5.93. The molecule has 0 N–H and O–H groups in total. The molecule has 13 rings (SSSR count). The van der Waals surface area contributed by atoms with E-state index in [1.165, 1.54) is 82.8 Å². The van der Waals surface area contributed by atoms with E-state index < -0.39 is 0 Å². The molecule has 1 heterocycles. The summed E-state index contributed by atoms with van der Waals surface area (Å²) in [6, 6.07) is 72.0. The first-order valence-corrected chi connectivity index (χ1v) is 25.5. The molecular weight excluding hydrogens is 869 g/mol. The lowest BCUT2D eigenvalue weighted by atomic mass is 9.62. The molecule has 0 saturated heterocycles. The Labute approximate surface area is 422 Å². The van der Waals surface area contributed by atoms with Gasteiger partial charge >= 0.3 is 0 Å². The van der Waals surface area contributed by atoms with Gasteiger partial charge in [-0.15, -0.1) is 0 Å². The number of benzene rings is 8. The smallest absolute Gasteiger partial charge is 0.145 e. The number of hydrogen-bond acceptors (Lipinski definition) is 1. The summed E-state index contributed by atoms with van der Waals surface area (Å²) < 4.78 is 2.28. The van der Waals surface area contributed by atoms with E-state index in [0.29, 0.717) is 5.92 Å². The van der Waals surface area contributed by atoms with Gasteiger partial charge in [-0.1, -0.05) is 225 Å². The second kappa shape index (κ2) is 18.3. The van der Waals surface area contributed by atoms with Crippen LogP contribution in [0.3, 0.4) is 0 Å². The highest BCUT2D eigenvalue weighted by Gasteiger charge is 2.40. The third-order valence-corrected chi connectivity index (χ3v) is 15.5. The zero-order chi connectivity index (χ0) is 48.0. The van der Waals surface area contributed by atoms with Crippen molar-refractivity contribution in [1.29, 1.82) is 0 Å². The predicted molar refractivity (Wildman–Crippen MR) is 301 cm³/mol. The molecule has 4 aliphatic rings. The lowest BCUT2D eigenvalue weighted by molar-refractivity contribution is 0.547.